The van der Waals surface area contributed by atoms with Gasteiger partial charge in [-0.25, -0.2) is 0 Å². The molecule has 13 heavy (non-hydrogen) atoms. The first kappa shape index (κ1) is 8.64. The van der Waals surface area contributed by atoms with Gasteiger partial charge in [-0.2, -0.15) is 0 Å². The molecule has 1 N–H and O–H groups in total. The number of anilines is 1. The summed E-state index contributed by atoms with van der Waals surface area (Å²) in [6.07, 6.45) is 2.20. The summed E-state index contributed by atoms with van der Waals surface area (Å²) in [4.78, 5) is 0. The van der Waals surface area contributed by atoms with Gasteiger partial charge in [0, 0.05) is 22.8 Å². The molecule has 2 rings (SSSR count). The van der Waals surface area contributed by atoms with Crippen LogP contribution in [0.15, 0.2) is 24.8 Å². The van der Waals surface area contributed by atoms with Crippen LogP contribution in [0.1, 0.15) is 18.4 Å². The number of fused-ring (bicyclic) bond motifs is 1. The van der Waals surface area contributed by atoms with Gasteiger partial charge in [0.25, 0.3) is 0 Å². The summed E-state index contributed by atoms with van der Waals surface area (Å²) in [5, 5.41) is 4.14. The van der Waals surface area contributed by atoms with Crippen LogP contribution in [-0.2, 0) is 0 Å². The van der Waals surface area contributed by atoms with Crippen LogP contribution in [-0.4, -0.2) is 6.54 Å². The molecule has 1 aliphatic heterocycles. The maximum Gasteiger partial charge on any atom is 0.0417 e. The van der Waals surface area contributed by atoms with E-state index in [1.165, 1.54) is 11.1 Å². The van der Waals surface area contributed by atoms with Gasteiger partial charge in [-0.3, -0.25) is 0 Å². The average Bonchev–Trinajstić information content (AvgIpc) is 2.29. The Bertz CT molecular complexity index is 344. The smallest absolute Gasteiger partial charge is 0.0417 e. The highest BCUT2D eigenvalue weighted by Gasteiger charge is 2.10. The van der Waals surface area contributed by atoms with E-state index in [1.807, 2.05) is 18.2 Å². The van der Waals surface area contributed by atoms with Crippen LogP contribution >= 0.6 is 11.6 Å². The van der Waals surface area contributed by atoms with E-state index in [1.54, 1.807) is 0 Å². The fourth-order valence-corrected chi connectivity index (χ4v) is 1.79. The van der Waals surface area contributed by atoms with E-state index in [0.29, 0.717) is 0 Å². The van der Waals surface area contributed by atoms with Crippen molar-refractivity contribution in [1.82, 2.24) is 0 Å². The Hall–Kier alpha value is -0.950. The maximum atomic E-state index is 5.93. The van der Waals surface area contributed by atoms with Crippen molar-refractivity contribution >= 4 is 22.9 Å². The topological polar surface area (TPSA) is 12.0 Å². The van der Waals surface area contributed by atoms with Gasteiger partial charge in [0.05, 0.1) is 0 Å². The quantitative estimate of drug-likeness (QED) is 0.665. The van der Waals surface area contributed by atoms with Gasteiger partial charge in [0.1, 0.15) is 0 Å². The first-order valence-electron chi connectivity index (χ1n) is 4.49. The van der Waals surface area contributed by atoms with E-state index < -0.39 is 0 Å². The number of rotatable bonds is 0. The van der Waals surface area contributed by atoms with Crippen molar-refractivity contribution in [2.45, 2.75) is 12.8 Å². The average molecular weight is 194 g/mol. The van der Waals surface area contributed by atoms with Gasteiger partial charge in [-0.1, -0.05) is 18.2 Å². The minimum atomic E-state index is 0.781. The molecule has 0 saturated heterocycles. The van der Waals surface area contributed by atoms with Crippen molar-refractivity contribution in [2.24, 2.45) is 0 Å². The van der Waals surface area contributed by atoms with E-state index in [2.05, 4.69) is 11.9 Å². The molecule has 0 fully saturated rings. The lowest BCUT2D eigenvalue weighted by atomic mass is 10.0. The Morgan fingerprint density at radius 1 is 1.38 bits per heavy atom. The molecule has 0 amide bonds. The maximum absolute atomic E-state index is 5.93. The zero-order chi connectivity index (χ0) is 9.26. The Morgan fingerprint density at radius 2 is 2.23 bits per heavy atom. The van der Waals surface area contributed by atoms with Crippen LogP contribution in [0, 0.1) is 0 Å². The molecule has 0 saturated carbocycles. The fourth-order valence-electron chi connectivity index (χ4n) is 1.62. The number of benzene rings is 1. The number of halogens is 1. The summed E-state index contributed by atoms with van der Waals surface area (Å²) < 4.78 is 0. The lowest BCUT2D eigenvalue weighted by Crippen LogP contribution is -1.98. The van der Waals surface area contributed by atoms with Gasteiger partial charge in [-0.05, 0) is 36.6 Å². The Morgan fingerprint density at radius 3 is 3.08 bits per heavy atom. The third-order valence-corrected chi connectivity index (χ3v) is 2.57. The molecule has 0 unspecified atom stereocenters. The first-order chi connectivity index (χ1) is 6.27. The van der Waals surface area contributed by atoms with Crippen LogP contribution in [0.3, 0.4) is 0 Å². The van der Waals surface area contributed by atoms with Crippen LogP contribution in [0.5, 0.6) is 0 Å². The third kappa shape index (κ3) is 1.70. The largest absolute Gasteiger partial charge is 0.385 e. The van der Waals surface area contributed by atoms with Gasteiger partial charge >= 0.3 is 0 Å². The van der Waals surface area contributed by atoms with Crippen molar-refractivity contribution in [3.05, 3.63) is 35.4 Å². The van der Waals surface area contributed by atoms with Gasteiger partial charge in [0.2, 0.25) is 0 Å². The number of hydrogen-bond donors (Lipinski definition) is 1. The summed E-state index contributed by atoms with van der Waals surface area (Å²) >= 11 is 5.93. The summed E-state index contributed by atoms with van der Waals surface area (Å²) in [6, 6.07) is 5.91. The van der Waals surface area contributed by atoms with Crippen LogP contribution in [0.2, 0.25) is 5.02 Å². The molecule has 1 aliphatic rings. The molecule has 0 spiro atoms. The zero-order valence-corrected chi connectivity index (χ0v) is 8.19. The molecule has 1 aromatic carbocycles. The SMILES string of the molecule is C=C1CCCNc2ccc(Cl)cc21. The van der Waals surface area contributed by atoms with E-state index in [4.69, 9.17) is 11.6 Å². The monoisotopic (exact) mass is 193 g/mol. The van der Waals surface area contributed by atoms with Crippen molar-refractivity contribution in [3.8, 4) is 0 Å². The molecular formula is C11H12ClN. The highest BCUT2D eigenvalue weighted by molar-refractivity contribution is 6.30. The lowest BCUT2D eigenvalue weighted by molar-refractivity contribution is 0.917. The minimum absolute atomic E-state index is 0.781. The predicted molar refractivity (Wildman–Crippen MR) is 58.2 cm³/mol. The second-order valence-corrected chi connectivity index (χ2v) is 3.76. The molecule has 68 valence electrons. The first-order valence-corrected chi connectivity index (χ1v) is 4.87. The van der Waals surface area contributed by atoms with Crippen molar-refractivity contribution in [1.29, 1.82) is 0 Å². The summed E-state index contributed by atoms with van der Waals surface area (Å²) in [7, 11) is 0. The Labute approximate surface area is 83.4 Å². The van der Waals surface area contributed by atoms with Gasteiger partial charge in [0.15, 0.2) is 0 Å². The standard InChI is InChI=1S/C11H12ClN/c1-8-3-2-6-13-11-5-4-9(12)7-10(8)11/h4-5,7,13H,1-3,6H2. The zero-order valence-electron chi connectivity index (χ0n) is 7.44. The molecule has 0 aromatic heterocycles. The Kier molecular flexibility index (Phi) is 2.28. The summed E-state index contributed by atoms with van der Waals surface area (Å²) in [6.45, 7) is 5.08. The van der Waals surface area contributed by atoms with E-state index in [0.717, 1.165) is 30.1 Å². The highest BCUT2D eigenvalue weighted by Crippen LogP contribution is 2.31. The van der Waals surface area contributed by atoms with E-state index >= 15 is 0 Å². The Balaban J connectivity index is 2.49. The number of nitrogens with one attached hydrogen (secondary N) is 1. The second-order valence-electron chi connectivity index (χ2n) is 3.32. The summed E-state index contributed by atoms with van der Waals surface area (Å²) in [5.74, 6) is 0. The lowest BCUT2D eigenvalue weighted by Gasteiger charge is -2.08. The van der Waals surface area contributed by atoms with Crippen LogP contribution in [0.25, 0.3) is 5.57 Å². The summed E-state index contributed by atoms with van der Waals surface area (Å²) in [5.41, 5.74) is 3.51. The fraction of sp³-hybridized carbons (Fsp3) is 0.273. The molecule has 0 atom stereocenters. The van der Waals surface area contributed by atoms with Crippen LogP contribution in [0.4, 0.5) is 5.69 Å². The molecule has 1 heterocycles. The normalized spacial score (nSPS) is 15.9. The molecule has 2 heteroatoms. The molecule has 1 nitrogen and oxygen atoms in total. The molecule has 0 aliphatic carbocycles. The van der Waals surface area contributed by atoms with Gasteiger partial charge < -0.3 is 5.32 Å². The van der Waals surface area contributed by atoms with Crippen molar-refractivity contribution in [2.75, 3.05) is 11.9 Å². The van der Waals surface area contributed by atoms with E-state index in [-0.39, 0.29) is 0 Å². The molecule has 0 radical (unpaired) electrons. The molecular weight excluding hydrogens is 182 g/mol. The molecule has 1 aromatic rings. The predicted octanol–water partition coefficient (Wildman–Crippen LogP) is 3.56. The van der Waals surface area contributed by atoms with Crippen LogP contribution < -0.4 is 5.32 Å². The highest BCUT2D eigenvalue weighted by atomic mass is 35.5. The van der Waals surface area contributed by atoms with Crippen molar-refractivity contribution < 1.29 is 0 Å². The third-order valence-electron chi connectivity index (χ3n) is 2.33. The van der Waals surface area contributed by atoms with Crippen molar-refractivity contribution in [3.63, 3.8) is 0 Å². The number of hydrogen-bond acceptors (Lipinski definition) is 1. The van der Waals surface area contributed by atoms with E-state index in [9.17, 15) is 0 Å². The number of allylic oxidation sites excluding steroid dienone is 1. The molecule has 0 bridgehead atoms. The second kappa shape index (κ2) is 3.43. The minimum Gasteiger partial charge on any atom is -0.385 e. The van der Waals surface area contributed by atoms with Gasteiger partial charge in [-0.15, -0.1) is 0 Å².